The van der Waals surface area contributed by atoms with Gasteiger partial charge in [0.15, 0.2) is 17.1 Å². The maximum atomic E-state index is 15.9. The molecule has 0 aliphatic carbocycles. The van der Waals surface area contributed by atoms with Crippen LogP contribution in [0.1, 0.15) is 46.4 Å². The van der Waals surface area contributed by atoms with Crippen LogP contribution in [-0.2, 0) is 23.4 Å². The number of hydrogen-bond acceptors (Lipinski definition) is 11. The highest BCUT2D eigenvalue weighted by Gasteiger charge is 2.56. The normalized spacial score (nSPS) is 25.4. The molecule has 4 N–H and O–H groups in total. The van der Waals surface area contributed by atoms with E-state index in [1.807, 2.05) is 20.8 Å². The van der Waals surface area contributed by atoms with E-state index < -0.39 is 50.3 Å². The Kier molecular flexibility index (Phi) is 8.48. The third kappa shape index (κ3) is 6.58. The highest BCUT2D eigenvalue weighted by molar-refractivity contribution is 7.52. The van der Waals surface area contributed by atoms with E-state index >= 15 is 4.39 Å². The van der Waals surface area contributed by atoms with Crippen molar-refractivity contribution < 1.29 is 37.4 Å². The summed E-state index contributed by atoms with van der Waals surface area (Å²) in [4.78, 5) is 20.5. The molecular weight excluding hydrogens is 546 g/mol. The minimum atomic E-state index is -4.28. The molecule has 40 heavy (non-hydrogen) atoms. The van der Waals surface area contributed by atoms with E-state index in [9.17, 15) is 14.5 Å². The van der Waals surface area contributed by atoms with Gasteiger partial charge in [0.25, 0.3) is 0 Å². The van der Waals surface area contributed by atoms with Gasteiger partial charge in [0.05, 0.1) is 25.1 Å². The van der Waals surface area contributed by atoms with Crippen molar-refractivity contribution in [2.45, 2.75) is 64.6 Å². The SMILES string of the molecule is CC(NP(=O)(OCC1OC(c2cnc3c(N)ncnn23)C(C)(F)C1O)Oc1ccccc1)C(=O)OCC(C)(C)C. The lowest BCUT2D eigenvalue weighted by Gasteiger charge is -2.26. The number of aliphatic hydroxyl groups is 1. The van der Waals surface area contributed by atoms with E-state index in [1.165, 1.54) is 24.0 Å². The molecule has 0 saturated carbocycles. The number of carbonyl (C=O) groups is 1. The number of aliphatic hydroxyl groups excluding tert-OH is 1. The zero-order valence-corrected chi connectivity index (χ0v) is 23.7. The number of para-hydroxylation sites is 1. The Morgan fingerprint density at radius 2 is 2.02 bits per heavy atom. The number of nitrogen functional groups attached to an aromatic ring is 1. The molecule has 0 amide bonds. The molecule has 2 aromatic heterocycles. The number of nitrogens with two attached hydrogens (primary N) is 1. The first-order valence-corrected chi connectivity index (χ1v) is 14.1. The van der Waals surface area contributed by atoms with Gasteiger partial charge in [0.1, 0.15) is 36.4 Å². The molecular formula is C25H34FN6O7P. The number of esters is 1. The first kappa shape index (κ1) is 29.8. The van der Waals surface area contributed by atoms with Gasteiger partial charge in [-0.25, -0.2) is 23.4 Å². The average molecular weight is 581 g/mol. The van der Waals surface area contributed by atoms with Crippen molar-refractivity contribution in [3.05, 3.63) is 48.5 Å². The van der Waals surface area contributed by atoms with Crippen LogP contribution in [0.15, 0.2) is 42.9 Å². The third-order valence-corrected chi connectivity index (χ3v) is 7.75. The number of fused-ring (bicyclic) bond motifs is 1. The number of alkyl halides is 1. The molecule has 6 atom stereocenters. The molecule has 1 aliphatic rings. The summed E-state index contributed by atoms with van der Waals surface area (Å²) in [5.74, 6) is -0.393. The molecule has 3 aromatic rings. The molecule has 0 radical (unpaired) electrons. The summed E-state index contributed by atoms with van der Waals surface area (Å²) in [7, 11) is -4.28. The van der Waals surface area contributed by atoms with Crippen molar-refractivity contribution in [2.24, 2.45) is 5.41 Å². The van der Waals surface area contributed by atoms with E-state index in [1.54, 1.807) is 30.3 Å². The summed E-state index contributed by atoms with van der Waals surface area (Å²) in [6.07, 6.45) is -1.78. The second-order valence-corrected chi connectivity index (χ2v) is 12.6. The Hall–Kier alpha value is -3.16. The Labute approximate surface area is 230 Å². The fraction of sp³-hybridized carbons (Fsp3) is 0.520. The van der Waals surface area contributed by atoms with Gasteiger partial charge in [0.2, 0.25) is 0 Å². The second-order valence-electron chi connectivity index (χ2n) is 10.9. The number of benzene rings is 1. The van der Waals surface area contributed by atoms with Crippen LogP contribution in [0.5, 0.6) is 5.75 Å². The highest BCUT2D eigenvalue weighted by Crippen LogP contribution is 2.48. The number of rotatable bonds is 10. The predicted octanol–water partition coefficient (Wildman–Crippen LogP) is 3.01. The molecule has 4 rings (SSSR count). The molecule has 15 heteroatoms. The van der Waals surface area contributed by atoms with Crippen molar-refractivity contribution in [1.82, 2.24) is 24.7 Å². The zero-order chi connectivity index (χ0) is 29.3. The number of aromatic nitrogens is 4. The van der Waals surface area contributed by atoms with E-state index in [0.29, 0.717) is 0 Å². The van der Waals surface area contributed by atoms with Gasteiger partial charge < -0.3 is 24.8 Å². The lowest BCUT2D eigenvalue weighted by atomic mass is 9.93. The van der Waals surface area contributed by atoms with Crippen LogP contribution in [0.2, 0.25) is 0 Å². The van der Waals surface area contributed by atoms with E-state index in [4.69, 9.17) is 24.3 Å². The van der Waals surface area contributed by atoms with Gasteiger partial charge in [-0.05, 0) is 31.4 Å². The van der Waals surface area contributed by atoms with Gasteiger partial charge in [-0.3, -0.25) is 9.32 Å². The molecule has 13 nitrogen and oxygen atoms in total. The van der Waals surface area contributed by atoms with Crippen molar-refractivity contribution in [2.75, 3.05) is 18.9 Å². The first-order chi connectivity index (χ1) is 18.7. The van der Waals surface area contributed by atoms with Gasteiger partial charge in [-0.2, -0.15) is 10.2 Å². The number of anilines is 1. The van der Waals surface area contributed by atoms with Crippen LogP contribution in [0.4, 0.5) is 10.2 Å². The van der Waals surface area contributed by atoms with Crippen LogP contribution in [0.25, 0.3) is 5.65 Å². The highest BCUT2D eigenvalue weighted by atomic mass is 31.2. The molecule has 1 fully saturated rings. The number of nitrogens with one attached hydrogen (secondary N) is 1. The van der Waals surface area contributed by atoms with Gasteiger partial charge >= 0.3 is 13.7 Å². The summed E-state index contributed by atoms with van der Waals surface area (Å²) < 4.78 is 53.3. The van der Waals surface area contributed by atoms with Gasteiger partial charge in [-0.1, -0.05) is 39.0 Å². The van der Waals surface area contributed by atoms with Gasteiger partial charge in [0, 0.05) is 0 Å². The van der Waals surface area contributed by atoms with E-state index in [2.05, 4.69) is 20.2 Å². The molecule has 6 unspecified atom stereocenters. The van der Waals surface area contributed by atoms with Crippen molar-refractivity contribution in [3.8, 4) is 5.75 Å². The third-order valence-electron chi connectivity index (χ3n) is 6.11. The standard InChI is InChI=1S/C25H34FN6O7P/c1-15(23(34)36-13-24(2,3)4)31-40(35,39-16-9-7-6-8-10-16)37-12-18-19(33)25(5,26)20(38-18)17-11-28-22-21(27)29-14-30-32(17)22/h6-11,14-15,18-20,33H,12-13H2,1-5H3,(H,31,35)(H2,27,29,30). The summed E-state index contributed by atoms with van der Waals surface area (Å²) in [6.45, 7) is 7.91. The number of imidazole rings is 1. The predicted molar refractivity (Wildman–Crippen MR) is 142 cm³/mol. The van der Waals surface area contributed by atoms with Crippen LogP contribution in [-0.4, -0.2) is 67.8 Å². The lowest BCUT2D eigenvalue weighted by molar-refractivity contribution is -0.148. The molecule has 218 valence electrons. The number of carbonyl (C=O) groups excluding carboxylic acids is 1. The van der Waals surface area contributed by atoms with Crippen LogP contribution in [0.3, 0.4) is 0 Å². The van der Waals surface area contributed by atoms with Crippen LogP contribution < -0.4 is 15.3 Å². The fourth-order valence-electron chi connectivity index (χ4n) is 4.01. The lowest BCUT2D eigenvalue weighted by Crippen LogP contribution is -2.40. The zero-order valence-electron chi connectivity index (χ0n) is 22.9. The van der Waals surface area contributed by atoms with Crippen LogP contribution in [0, 0.1) is 5.41 Å². The summed E-state index contributed by atoms with van der Waals surface area (Å²) >= 11 is 0. The summed E-state index contributed by atoms with van der Waals surface area (Å²) in [5.41, 5.74) is 3.62. The number of nitrogens with zero attached hydrogens (tertiary/aromatic N) is 4. The molecule has 0 bridgehead atoms. The van der Waals surface area contributed by atoms with Gasteiger partial charge in [-0.15, -0.1) is 0 Å². The molecule has 1 saturated heterocycles. The number of ether oxygens (including phenoxy) is 2. The molecule has 3 heterocycles. The molecule has 1 aromatic carbocycles. The summed E-state index contributed by atoms with van der Waals surface area (Å²) in [6, 6.07) is 7.07. The van der Waals surface area contributed by atoms with Crippen molar-refractivity contribution >= 4 is 25.2 Å². The summed E-state index contributed by atoms with van der Waals surface area (Å²) in [5, 5.41) is 17.4. The quantitative estimate of drug-likeness (QED) is 0.237. The van der Waals surface area contributed by atoms with Crippen molar-refractivity contribution in [1.29, 1.82) is 0 Å². The van der Waals surface area contributed by atoms with E-state index in [-0.39, 0.29) is 34.9 Å². The minimum Gasteiger partial charge on any atom is -0.464 e. The fourth-order valence-corrected chi connectivity index (χ4v) is 5.51. The monoisotopic (exact) mass is 580 g/mol. The second kappa shape index (κ2) is 11.4. The Morgan fingerprint density at radius 1 is 1.32 bits per heavy atom. The maximum Gasteiger partial charge on any atom is 0.459 e. The minimum absolute atomic E-state index is 0.0838. The largest absolute Gasteiger partial charge is 0.464 e. The van der Waals surface area contributed by atoms with E-state index in [0.717, 1.165) is 6.92 Å². The first-order valence-electron chi connectivity index (χ1n) is 12.6. The molecule has 1 aliphatic heterocycles. The number of hydrogen-bond donors (Lipinski definition) is 3. The number of halogens is 1. The maximum absolute atomic E-state index is 15.9. The average Bonchev–Trinajstić information content (AvgIpc) is 3.40. The smallest absolute Gasteiger partial charge is 0.459 e. The topological polar surface area (TPSA) is 172 Å². The van der Waals surface area contributed by atoms with Crippen molar-refractivity contribution in [3.63, 3.8) is 0 Å². The van der Waals surface area contributed by atoms with Crippen LogP contribution >= 0.6 is 7.75 Å². The Bertz CT molecular complexity index is 1380. The Balaban J connectivity index is 1.51. The molecule has 0 spiro atoms. The Morgan fingerprint density at radius 3 is 2.70 bits per heavy atom.